The van der Waals surface area contributed by atoms with Crippen molar-refractivity contribution in [2.75, 3.05) is 0 Å². The number of nitriles is 1. The van der Waals surface area contributed by atoms with Crippen molar-refractivity contribution >= 4 is 16.3 Å². The zero-order valence-electron chi connectivity index (χ0n) is 10.6. The van der Waals surface area contributed by atoms with Crippen LogP contribution >= 0.6 is 11.3 Å². The smallest absolute Gasteiger partial charge is 0.214 e. The van der Waals surface area contributed by atoms with Crippen molar-refractivity contribution in [3.05, 3.63) is 48.6 Å². The Kier molecular flexibility index (Phi) is 2.55. The first-order valence-electron chi connectivity index (χ1n) is 6.11. The van der Waals surface area contributed by atoms with Crippen LogP contribution in [0.25, 0.3) is 27.0 Å². The SMILES string of the molecule is N#Cc1c(-c2ccco2)nc2sc(-c3cccnc3)nn12. The van der Waals surface area contributed by atoms with Crippen LogP contribution in [-0.4, -0.2) is 19.6 Å². The Balaban J connectivity index is 1.92. The first kappa shape index (κ1) is 11.8. The molecule has 0 N–H and O–H groups in total. The third kappa shape index (κ3) is 1.81. The largest absolute Gasteiger partial charge is 0.463 e. The average Bonchev–Trinajstić information content (AvgIpc) is 3.22. The van der Waals surface area contributed by atoms with Crippen molar-refractivity contribution < 1.29 is 4.42 Å². The van der Waals surface area contributed by atoms with E-state index in [0.717, 1.165) is 10.6 Å². The quantitative estimate of drug-likeness (QED) is 0.567. The molecule has 4 heterocycles. The molecule has 7 heteroatoms. The predicted molar refractivity (Wildman–Crippen MR) is 76.5 cm³/mol. The fourth-order valence-electron chi connectivity index (χ4n) is 2.04. The van der Waals surface area contributed by atoms with Crippen LogP contribution in [-0.2, 0) is 0 Å². The Hall–Kier alpha value is -2.98. The molecule has 0 fully saturated rings. The second-order valence-electron chi connectivity index (χ2n) is 4.24. The maximum atomic E-state index is 9.38. The summed E-state index contributed by atoms with van der Waals surface area (Å²) >= 11 is 1.41. The number of fused-ring (bicyclic) bond motifs is 1. The summed E-state index contributed by atoms with van der Waals surface area (Å²) in [4.78, 5) is 9.18. The van der Waals surface area contributed by atoms with E-state index in [1.54, 1.807) is 35.3 Å². The van der Waals surface area contributed by atoms with E-state index in [1.165, 1.54) is 11.3 Å². The molecule has 0 aliphatic carbocycles. The van der Waals surface area contributed by atoms with Gasteiger partial charge in [0.05, 0.1) is 6.26 Å². The molecule has 0 amide bonds. The molecule has 0 unspecified atom stereocenters. The molecule has 0 saturated carbocycles. The lowest BCUT2D eigenvalue weighted by Gasteiger charge is -1.93. The molecular formula is C14H7N5OS. The van der Waals surface area contributed by atoms with Crippen LogP contribution < -0.4 is 0 Å². The Labute approximate surface area is 122 Å². The summed E-state index contributed by atoms with van der Waals surface area (Å²) in [6.45, 7) is 0. The highest BCUT2D eigenvalue weighted by Crippen LogP contribution is 2.30. The molecule has 21 heavy (non-hydrogen) atoms. The summed E-state index contributed by atoms with van der Waals surface area (Å²) < 4.78 is 6.86. The molecule has 100 valence electrons. The van der Waals surface area contributed by atoms with Gasteiger partial charge < -0.3 is 4.42 Å². The molecule has 0 spiro atoms. The van der Waals surface area contributed by atoms with Gasteiger partial charge in [0, 0.05) is 18.0 Å². The maximum absolute atomic E-state index is 9.38. The average molecular weight is 293 g/mol. The number of nitrogens with zero attached hydrogens (tertiary/aromatic N) is 5. The zero-order valence-corrected chi connectivity index (χ0v) is 11.4. The van der Waals surface area contributed by atoms with Crippen LogP contribution in [0, 0.1) is 11.3 Å². The number of aromatic nitrogens is 4. The lowest BCUT2D eigenvalue weighted by atomic mass is 10.3. The van der Waals surface area contributed by atoms with Gasteiger partial charge in [0.15, 0.2) is 11.5 Å². The van der Waals surface area contributed by atoms with Gasteiger partial charge in [0.1, 0.15) is 16.8 Å². The maximum Gasteiger partial charge on any atom is 0.214 e. The van der Waals surface area contributed by atoms with E-state index >= 15 is 0 Å². The van der Waals surface area contributed by atoms with E-state index in [4.69, 9.17) is 4.42 Å². The molecule has 4 aromatic rings. The van der Waals surface area contributed by atoms with Crippen molar-refractivity contribution in [2.45, 2.75) is 0 Å². The van der Waals surface area contributed by atoms with Gasteiger partial charge in [0.25, 0.3) is 0 Å². The Morgan fingerprint density at radius 3 is 2.95 bits per heavy atom. The molecule has 0 aromatic carbocycles. The fraction of sp³-hybridized carbons (Fsp3) is 0. The third-order valence-corrected chi connectivity index (χ3v) is 3.93. The van der Waals surface area contributed by atoms with E-state index in [-0.39, 0.29) is 0 Å². The summed E-state index contributed by atoms with van der Waals surface area (Å²) in [5.41, 5.74) is 1.78. The summed E-state index contributed by atoms with van der Waals surface area (Å²) in [7, 11) is 0. The molecule has 0 aliphatic rings. The number of pyridine rings is 1. The highest BCUT2D eigenvalue weighted by Gasteiger charge is 2.19. The minimum atomic E-state index is 0.367. The second kappa shape index (κ2) is 4.54. The summed E-state index contributed by atoms with van der Waals surface area (Å²) in [6.07, 6.45) is 4.99. The van der Waals surface area contributed by atoms with E-state index in [0.29, 0.717) is 22.1 Å². The van der Waals surface area contributed by atoms with Gasteiger partial charge in [-0.05, 0) is 24.3 Å². The number of imidazole rings is 1. The van der Waals surface area contributed by atoms with Crippen molar-refractivity contribution in [2.24, 2.45) is 0 Å². The summed E-state index contributed by atoms with van der Waals surface area (Å²) in [6, 6.07) is 9.44. The molecule has 0 aliphatic heterocycles. The zero-order chi connectivity index (χ0) is 14.2. The molecule has 0 radical (unpaired) electrons. The van der Waals surface area contributed by atoms with Crippen LogP contribution in [0.3, 0.4) is 0 Å². The number of hydrogen-bond acceptors (Lipinski definition) is 6. The first-order chi connectivity index (χ1) is 10.4. The Morgan fingerprint density at radius 2 is 2.24 bits per heavy atom. The van der Waals surface area contributed by atoms with Gasteiger partial charge in [-0.3, -0.25) is 4.98 Å². The Morgan fingerprint density at radius 1 is 1.29 bits per heavy atom. The number of hydrogen-bond donors (Lipinski definition) is 0. The molecule has 4 aromatic heterocycles. The molecule has 4 rings (SSSR count). The minimum Gasteiger partial charge on any atom is -0.463 e. The van der Waals surface area contributed by atoms with Gasteiger partial charge in [-0.2, -0.15) is 14.9 Å². The van der Waals surface area contributed by atoms with E-state index < -0.39 is 0 Å². The van der Waals surface area contributed by atoms with Gasteiger partial charge in [-0.15, -0.1) is 0 Å². The fourth-order valence-corrected chi connectivity index (χ4v) is 2.93. The molecule has 6 nitrogen and oxygen atoms in total. The highest BCUT2D eigenvalue weighted by molar-refractivity contribution is 7.19. The predicted octanol–water partition coefficient (Wildman–Crippen LogP) is 2.98. The third-order valence-electron chi connectivity index (χ3n) is 2.97. The van der Waals surface area contributed by atoms with Gasteiger partial charge in [-0.25, -0.2) is 4.98 Å². The van der Waals surface area contributed by atoms with Crippen molar-refractivity contribution in [3.63, 3.8) is 0 Å². The minimum absolute atomic E-state index is 0.367. The van der Waals surface area contributed by atoms with Gasteiger partial charge >= 0.3 is 0 Å². The number of furan rings is 1. The number of rotatable bonds is 2. The van der Waals surface area contributed by atoms with Crippen LogP contribution in [0.5, 0.6) is 0 Å². The van der Waals surface area contributed by atoms with Gasteiger partial charge in [0.2, 0.25) is 4.96 Å². The lowest BCUT2D eigenvalue weighted by molar-refractivity contribution is 0.580. The standard InChI is InChI=1S/C14H7N5OS/c15-7-10-12(11-4-2-6-20-11)17-14-19(10)18-13(21-14)9-3-1-5-16-8-9/h1-6,8H. The monoisotopic (exact) mass is 293 g/mol. The van der Waals surface area contributed by atoms with Crippen LogP contribution in [0.2, 0.25) is 0 Å². The van der Waals surface area contributed by atoms with E-state index in [1.807, 2.05) is 12.1 Å². The normalized spacial score (nSPS) is 10.8. The first-order valence-corrected chi connectivity index (χ1v) is 6.92. The van der Waals surface area contributed by atoms with Crippen LogP contribution in [0.1, 0.15) is 5.69 Å². The highest BCUT2D eigenvalue weighted by atomic mass is 32.1. The lowest BCUT2D eigenvalue weighted by Crippen LogP contribution is -1.90. The van der Waals surface area contributed by atoms with Crippen LogP contribution in [0.4, 0.5) is 0 Å². The van der Waals surface area contributed by atoms with Crippen molar-refractivity contribution in [1.29, 1.82) is 5.26 Å². The topological polar surface area (TPSA) is 80.0 Å². The van der Waals surface area contributed by atoms with E-state index in [2.05, 4.69) is 21.1 Å². The Bertz CT molecular complexity index is 947. The molecule has 0 atom stereocenters. The summed E-state index contributed by atoms with van der Waals surface area (Å²) in [5.74, 6) is 0.562. The van der Waals surface area contributed by atoms with Crippen molar-refractivity contribution in [3.8, 4) is 28.1 Å². The van der Waals surface area contributed by atoms with E-state index in [9.17, 15) is 5.26 Å². The van der Waals surface area contributed by atoms with Crippen LogP contribution in [0.15, 0.2) is 47.3 Å². The van der Waals surface area contributed by atoms with Crippen molar-refractivity contribution in [1.82, 2.24) is 19.6 Å². The summed E-state index contributed by atoms with van der Waals surface area (Å²) in [5, 5.41) is 14.6. The second-order valence-corrected chi connectivity index (χ2v) is 5.20. The molecule has 0 bridgehead atoms. The van der Waals surface area contributed by atoms with Gasteiger partial charge in [-0.1, -0.05) is 11.3 Å². The molecular weight excluding hydrogens is 286 g/mol. The molecule has 0 saturated heterocycles.